The van der Waals surface area contributed by atoms with E-state index in [1.165, 1.54) is 103 Å². The van der Waals surface area contributed by atoms with E-state index in [2.05, 4.69) is 25.2 Å². The van der Waals surface area contributed by atoms with E-state index in [1.54, 1.807) is 0 Å². The number of allylic oxidation sites excluding steroid dienone is 1. The Hall–Kier alpha value is -0.380. The van der Waals surface area contributed by atoms with Crippen LogP contribution in [0.3, 0.4) is 0 Å². The number of nitrogens with one attached hydrogen (secondary N) is 1. The molecule has 0 amide bonds. The fraction of sp³-hybridized carbons (Fsp3) is 0.923. The summed E-state index contributed by atoms with van der Waals surface area (Å²) < 4.78 is 0. The Bertz CT molecular complexity index is 333. The standard InChI is InChI=1S/C26H53NO2/c1-3-5-7-9-11-12-13-14-15-16-17-18-20-22-26(29)25(24-28)27-23-21-19-10-8-6-4-2/h20,22,25-29H,3-19,21,23-24H2,1-2H3/b22-20-/t25-,26+/m0/s1. The normalized spacial score (nSPS) is 13.9. The Labute approximate surface area is 182 Å². The number of hydrogen-bond donors (Lipinski definition) is 3. The van der Waals surface area contributed by atoms with Gasteiger partial charge in [0.2, 0.25) is 0 Å². The van der Waals surface area contributed by atoms with Crippen LogP contribution in [0.5, 0.6) is 0 Å². The van der Waals surface area contributed by atoms with Crippen LogP contribution in [0.1, 0.15) is 129 Å². The maximum atomic E-state index is 10.2. The fourth-order valence-corrected chi connectivity index (χ4v) is 3.78. The third-order valence-corrected chi connectivity index (χ3v) is 5.85. The smallest absolute Gasteiger partial charge is 0.0896 e. The van der Waals surface area contributed by atoms with Gasteiger partial charge in [0.1, 0.15) is 0 Å². The SMILES string of the molecule is CCCCCCCCCCCCC/C=C\[C@@H](O)[C@H](CO)NCCCCCCCC. The van der Waals surface area contributed by atoms with Gasteiger partial charge < -0.3 is 15.5 Å². The van der Waals surface area contributed by atoms with E-state index in [0.717, 1.165) is 19.4 Å². The minimum Gasteiger partial charge on any atom is -0.395 e. The van der Waals surface area contributed by atoms with Crippen LogP contribution in [0.2, 0.25) is 0 Å². The summed E-state index contributed by atoms with van der Waals surface area (Å²) in [6, 6.07) is -0.237. The summed E-state index contributed by atoms with van der Waals surface area (Å²) in [6.07, 6.45) is 27.0. The lowest BCUT2D eigenvalue weighted by Crippen LogP contribution is -2.42. The molecule has 0 spiro atoms. The zero-order valence-electron chi connectivity index (χ0n) is 19.8. The Morgan fingerprint density at radius 3 is 1.59 bits per heavy atom. The molecule has 3 nitrogen and oxygen atoms in total. The van der Waals surface area contributed by atoms with Gasteiger partial charge in [-0.1, -0.05) is 122 Å². The number of hydrogen-bond acceptors (Lipinski definition) is 3. The Balaban J connectivity index is 3.53. The molecule has 0 unspecified atom stereocenters. The number of aliphatic hydroxyl groups excluding tert-OH is 2. The molecule has 174 valence electrons. The molecule has 0 heterocycles. The Morgan fingerprint density at radius 1 is 0.655 bits per heavy atom. The zero-order valence-corrected chi connectivity index (χ0v) is 19.8. The average Bonchev–Trinajstić information content (AvgIpc) is 2.73. The first kappa shape index (κ1) is 28.6. The summed E-state index contributed by atoms with van der Waals surface area (Å²) in [5, 5.41) is 23.1. The average molecular weight is 412 g/mol. The van der Waals surface area contributed by atoms with Gasteiger partial charge in [0.15, 0.2) is 0 Å². The molecule has 0 aromatic heterocycles. The summed E-state index contributed by atoms with van der Waals surface area (Å²) in [6.45, 7) is 5.37. The van der Waals surface area contributed by atoms with Crippen molar-refractivity contribution in [3.05, 3.63) is 12.2 Å². The van der Waals surface area contributed by atoms with Gasteiger partial charge in [-0.15, -0.1) is 0 Å². The second kappa shape index (κ2) is 23.9. The molecule has 3 heteroatoms. The van der Waals surface area contributed by atoms with Crippen LogP contribution >= 0.6 is 0 Å². The van der Waals surface area contributed by atoms with Crippen molar-refractivity contribution >= 4 is 0 Å². The van der Waals surface area contributed by atoms with E-state index in [4.69, 9.17) is 0 Å². The second-order valence-corrected chi connectivity index (χ2v) is 8.75. The summed E-state index contributed by atoms with van der Waals surface area (Å²) in [7, 11) is 0. The van der Waals surface area contributed by atoms with Crippen molar-refractivity contribution in [1.82, 2.24) is 5.32 Å². The maximum Gasteiger partial charge on any atom is 0.0896 e. The van der Waals surface area contributed by atoms with Crippen molar-refractivity contribution in [2.24, 2.45) is 0 Å². The maximum absolute atomic E-state index is 10.2. The Kier molecular flexibility index (Phi) is 23.6. The van der Waals surface area contributed by atoms with Crippen LogP contribution in [-0.4, -0.2) is 35.5 Å². The molecule has 2 atom stereocenters. The fourth-order valence-electron chi connectivity index (χ4n) is 3.78. The van der Waals surface area contributed by atoms with Gasteiger partial charge in [-0.25, -0.2) is 0 Å². The van der Waals surface area contributed by atoms with Crippen molar-refractivity contribution in [3.8, 4) is 0 Å². The number of rotatable bonds is 23. The molecule has 0 aliphatic carbocycles. The van der Waals surface area contributed by atoms with Gasteiger partial charge >= 0.3 is 0 Å². The van der Waals surface area contributed by atoms with Crippen molar-refractivity contribution in [3.63, 3.8) is 0 Å². The number of aliphatic hydroxyl groups is 2. The molecule has 0 bridgehead atoms. The topological polar surface area (TPSA) is 52.5 Å². The Morgan fingerprint density at radius 2 is 1.10 bits per heavy atom. The van der Waals surface area contributed by atoms with Crippen LogP contribution in [0.4, 0.5) is 0 Å². The lowest BCUT2D eigenvalue weighted by Gasteiger charge is -2.19. The van der Waals surface area contributed by atoms with E-state index in [1.807, 2.05) is 6.08 Å². The van der Waals surface area contributed by atoms with Gasteiger partial charge in [0, 0.05) is 0 Å². The van der Waals surface area contributed by atoms with Crippen LogP contribution in [0.25, 0.3) is 0 Å². The van der Waals surface area contributed by atoms with Gasteiger partial charge in [-0.3, -0.25) is 0 Å². The highest BCUT2D eigenvalue weighted by molar-refractivity contribution is 4.94. The van der Waals surface area contributed by atoms with Crippen LogP contribution in [0.15, 0.2) is 12.2 Å². The van der Waals surface area contributed by atoms with Crippen molar-refractivity contribution in [2.75, 3.05) is 13.2 Å². The van der Waals surface area contributed by atoms with Crippen LogP contribution < -0.4 is 5.32 Å². The summed E-state index contributed by atoms with van der Waals surface area (Å²) in [5.41, 5.74) is 0. The third kappa shape index (κ3) is 20.7. The molecule has 0 rings (SSSR count). The summed E-state index contributed by atoms with van der Waals surface area (Å²) in [5.74, 6) is 0. The van der Waals surface area contributed by atoms with E-state index < -0.39 is 6.10 Å². The first-order valence-electron chi connectivity index (χ1n) is 12.9. The highest BCUT2D eigenvalue weighted by atomic mass is 16.3. The molecule has 0 aliphatic rings. The van der Waals surface area contributed by atoms with E-state index in [9.17, 15) is 10.2 Å². The first-order valence-corrected chi connectivity index (χ1v) is 12.9. The monoisotopic (exact) mass is 411 g/mol. The summed E-state index contributed by atoms with van der Waals surface area (Å²) >= 11 is 0. The minimum absolute atomic E-state index is 0.0141. The molecule has 0 aliphatic heterocycles. The van der Waals surface area contributed by atoms with Gasteiger partial charge in [-0.05, 0) is 25.8 Å². The molecule has 0 aromatic carbocycles. The van der Waals surface area contributed by atoms with E-state index in [0.29, 0.717) is 0 Å². The predicted octanol–water partition coefficient (Wildman–Crippen LogP) is 6.92. The molecule has 0 saturated carbocycles. The van der Waals surface area contributed by atoms with E-state index >= 15 is 0 Å². The molecular formula is C26H53NO2. The highest BCUT2D eigenvalue weighted by Crippen LogP contribution is 2.12. The first-order chi connectivity index (χ1) is 14.3. The lowest BCUT2D eigenvalue weighted by molar-refractivity contribution is 0.123. The van der Waals surface area contributed by atoms with Crippen LogP contribution in [-0.2, 0) is 0 Å². The second-order valence-electron chi connectivity index (χ2n) is 8.75. The molecule has 0 aromatic rings. The highest BCUT2D eigenvalue weighted by Gasteiger charge is 2.14. The van der Waals surface area contributed by atoms with Gasteiger partial charge in [-0.2, -0.15) is 0 Å². The molecular weight excluding hydrogens is 358 g/mol. The molecule has 29 heavy (non-hydrogen) atoms. The largest absolute Gasteiger partial charge is 0.395 e. The predicted molar refractivity (Wildman–Crippen MR) is 128 cm³/mol. The van der Waals surface area contributed by atoms with Gasteiger partial charge in [0.05, 0.1) is 18.8 Å². The number of unbranched alkanes of at least 4 members (excludes halogenated alkanes) is 16. The third-order valence-electron chi connectivity index (χ3n) is 5.85. The quantitative estimate of drug-likeness (QED) is 0.126. The zero-order chi connectivity index (χ0) is 21.4. The summed E-state index contributed by atoms with van der Waals surface area (Å²) in [4.78, 5) is 0. The molecule has 0 radical (unpaired) electrons. The van der Waals surface area contributed by atoms with Gasteiger partial charge in [0.25, 0.3) is 0 Å². The van der Waals surface area contributed by atoms with Crippen molar-refractivity contribution in [1.29, 1.82) is 0 Å². The minimum atomic E-state index is -0.590. The van der Waals surface area contributed by atoms with Crippen molar-refractivity contribution in [2.45, 2.75) is 142 Å². The molecule has 3 N–H and O–H groups in total. The molecule has 0 saturated heterocycles. The molecule has 0 fully saturated rings. The van der Waals surface area contributed by atoms with E-state index in [-0.39, 0.29) is 12.6 Å². The van der Waals surface area contributed by atoms with Crippen LogP contribution in [0, 0.1) is 0 Å². The lowest BCUT2D eigenvalue weighted by atomic mass is 10.0. The van der Waals surface area contributed by atoms with Crippen molar-refractivity contribution < 1.29 is 10.2 Å².